The van der Waals surface area contributed by atoms with E-state index in [1.54, 1.807) is 6.92 Å². The number of amides is 1. The van der Waals surface area contributed by atoms with Crippen LogP contribution in [-0.4, -0.2) is 20.9 Å². The average molecular weight is 763 g/mol. The second-order valence-corrected chi connectivity index (χ2v) is 18.4. The lowest BCUT2D eigenvalue weighted by atomic mass is 9.82. The summed E-state index contributed by atoms with van der Waals surface area (Å²) in [5.41, 5.74) is 17.3. The lowest BCUT2D eigenvalue weighted by molar-refractivity contribution is -0.114. The van der Waals surface area contributed by atoms with Gasteiger partial charge in [0.1, 0.15) is 0 Å². The van der Waals surface area contributed by atoms with Crippen LogP contribution in [-0.2, 0) is 21.0 Å². The van der Waals surface area contributed by atoms with Gasteiger partial charge in [-0.15, -0.1) is 0 Å². The zero-order valence-corrected chi connectivity index (χ0v) is 35.5. The third-order valence-electron chi connectivity index (χ3n) is 10.9. The third kappa shape index (κ3) is 8.40. The average Bonchev–Trinajstić information content (AvgIpc) is 3.20. The Morgan fingerprint density at radius 3 is 0.966 bits per heavy atom. The Balaban J connectivity index is 1.39. The van der Waals surface area contributed by atoms with E-state index < -0.39 is 0 Å². The van der Waals surface area contributed by atoms with Gasteiger partial charge in [-0.05, 0) is 108 Å². The van der Waals surface area contributed by atoms with E-state index in [0.717, 1.165) is 72.4 Å². The molecule has 5 nitrogen and oxygen atoms in total. The van der Waals surface area contributed by atoms with Crippen LogP contribution < -0.4 is 5.32 Å². The van der Waals surface area contributed by atoms with E-state index in [4.69, 9.17) is 0 Å². The standard InChI is InChI=1S/C53H54N4O/c1-34(58)57-50-30-42(36-13-19-39(20-14-36)45-32-55-27-24-48(45)52(5,6)7)41(35-11-17-38(18-12-35)44-31-54-26-23-47(44)51(2,3)4)29-43(50)37-15-21-40(22-16-37)46-33-56-28-25-49(46)53(8,9)10/h11-33H,1-10H3,(H,57,58). The quantitative estimate of drug-likeness (QED) is 0.176. The summed E-state index contributed by atoms with van der Waals surface area (Å²) in [5.74, 6) is -0.126. The number of pyridine rings is 3. The zero-order valence-electron chi connectivity index (χ0n) is 35.5. The number of benzene rings is 4. The molecule has 0 saturated heterocycles. The highest BCUT2D eigenvalue weighted by Crippen LogP contribution is 2.43. The lowest BCUT2D eigenvalue weighted by Crippen LogP contribution is -2.12. The van der Waals surface area contributed by atoms with Gasteiger partial charge in [-0.3, -0.25) is 19.7 Å². The number of rotatable bonds is 7. The van der Waals surface area contributed by atoms with Gasteiger partial charge >= 0.3 is 0 Å². The van der Waals surface area contributed by atoms with E-state index in [9.17, 15) is 4.79 Å². The van der Waals surface area contributed by atoms with Gasteiger partial charge in [-0.1, -0.05) is 135 Å². The third-order valence-corrected chi connectivity index (χ3v) is 10.9. The number of aromatic nitrogens is 3. The van der Waals surface area contributed by atoms with E-state index in [0.29, 0.717) is 0 Å². The minimum absolute atomic E-state index is 0.0327. The van der Waals surface area contributed by atoms with Gasteiger partial charge in [-0.25, -0.2) is 0 Å². The molecule has 7 rings (SSSR count). The van der Waals surface area contributed by atoms with E-state index in [2.05, 4.69) is 186 Å². The van der Waals surface area contributed by atoms with Crippen molar-refractivity contribution in [2.45, 2.75) is 85.5 Å². The van der Waals surface area contributed by atoms with Crippen LogP contribution in [0.3, 0.4) is 0 Å². The monoisotopic (exact) mass is 762 g/mol. The van der Waals surface area contributed by atoms with E-state index in [1.807, 2.05) is 37.2 Å². The fourth-order valence-electron chi connectivity index (χ4n) is 7.93. The number of nitrogens with one attached hydrogen (secondary N) is 1. The highest BCUT2D eigenvalue weighted by Gasteiger charge is 2.23. The molecule has 1 N–H and O–H groups in total. The summed E-state index contributed by atoms with van der Waals surface area (Å²) in [5, 5.41) is 3.18. The summed E-state index contributed by atoms with van der Waals surface area (Å²) >= 11 is 0. The number of carbonyl (C=O) groups excluding carboxylic acids is 1. The Kier molecular flexibility index (Phi) is 10.8. The molecular formula is C53H54N4O. The van der Waals surface area contributed by atoms with Crippen molar-refractivity contribution in [3.05, 3.63) is 157 Å². The zero-order chi connectivity index (χ0) is 41.4. The first-order chi connectivity index (χ1) is 27.5. The van der Waals surface area contributed by atoms with Gasteiger partial charge in [0.15, 0.2) is 0 Å². The summed E-state index contributed by atoms with van der Waals surface area (Å²) in [6.07, 6.45) is 11.5. The summed E-state index contributed by atoms with van der Waals surface area (Å²) in [6, 6.07) is 36.8. The maximum absolute atomic E-state index is 12.8. The molecule has 3 heterocycles. The molecule has 0 bridgehead atoms. The van der Waals surface area contributed by atoms with Crippen molar-refractivity contribution >= 4 is 11.6 Å². The second kappa shape index (κ2) is 15.6. The Hall–Kier alpha value is -6.20. The first-order valence-electron chi connectivity index (χ1n) is 20.1. The highest BCUT2D eigenvalue weighted by molar-refractivity contribution is 6.00. The first kappa shape index (κ1) is 40.0. The minimum atomic E-state index is -0.126. The molecule has 5 heteroatoms. The molecule has 0 atom stereocenters. The lowest BCUT2D eigenvalue weighted by Gasteiger charge is -2.23. The molecule has 7 aromatic rings. The summed E-state index contributed by atoms with van der Waals surface area (Å²) < 4.78 is 0. The number of carbonyl (C=O) groups is 1. The van der Waals surface area contributed by atoms with Crippen LogP contribution in [0.1, 0.15) is 85.9 Å². The summed E-state index contributed by atoms with van der Waals surface area (Å²) in [7, 11) is 0. The molecule has 0 saturated carbocycles. The van der Waals surface area contributed by atoms with Crippen molar-refractivity contribution < 1.29 is 4.79 Å². The van der Waals surface area contributed by atoms with Crippen LogP contribution >= 0.6 is 0 Å². The van der Waals surface area contributed by atoms with E-state index >= 15 is 0 Å². The Morgan fingerprint density at radius 1 is 0.397 bits per heavy atom. The second-order valence-electron chi connectivity index (χ2n) is 18.4. The molecule has 3 aromatic heterocycles. The van der Waals surface area contributed by atoms with Crippen LogP contribution in [0.5, 0.6) is 0 Å². The molecule has 0 fully saturated rings. The van der Waals surface area contributed by atoms with Crippen molar-refractivity contribution in [1.29, 1.82) is 0 Å². The Labute approximate surface area is 344 Å². The van der Waals surface area contributed by atoms with E-state index in [1.165, 1.54) is 16.7 Å². The summed E-state index contributed by atoms with van der Waals surface area (Å²) in [4.78, 5) is 26.3. The molecular weight excluding hydrogens is 709 g/mol. The largest absolute Gasteiger partial charge is 0.326 e. The summed E-state index contributed by atoms with van der Waals surface area (Å²) in [6.45, 7) is 21.7. The number of hydrogen-bond donors (Lipinski definition) is 1. The number of anilines is 1. The molecule has 0 aliphatic rings. The van der Waals surface area contributed by atoms with Gasteiger partial charge in [0.05, 0.1) is 0 Å². The molecule has 0 spiro atoms. The molecule has 0 aliphatic carbocycles. The molecule has 1 amide bonds. The predicted octanol–water partition coefficient (Wildman–Crippen LogP) is 13.7. The van der Waals surface area contributed by atoms with Crippen molar-refractivity contribution in [1.82, 2.24) is 15.0 Å². The van der Waals surface area contributed by atoms with Crippen molar-refractivity contribution in [2.24, 2.45) is 0 Å². The maximum atomic E-state index is 12.8. The first-order valence-corrected chi connectivity index (χ1v) is 20.1. The van der Waals surface area contributed by atoms with Crippen molar-refractivity contribution in [3.63, 3.8) is 0 Å². The topological polar surface area (TPSA) is 67.8 Å². The van der Waals surface area contributed by atoms with Crippen LogP contribution in [0.25, 0.3) is 66.8 Å². The minimum Gasteiger partial charge on any atom is -0.326 e. The SMILES string of the molecule is CC(=O)Nc1cc(-c2ccc(-c3cnccc3C(C)(C)C)cc2)c(-c2ccc(-c3cnccc3C(C)(C)C)cc2)cc1-c1ccc(-c2cnccc2C(C)(C)C)cc1. The number of nitrogens with zero attached hydrogens (tertiary/aromatic N) is 3. The van der Waals surface area contributed by atoms with Gasteiger partial charge in [0.2, 0.25) is 5.91 Å². The Bertz CT molecular complexity index is 2580. The molecule has 4 aromatic carbocycles. The normalized spacial score (nSPS) is 12.0. The van der Waals surface area contributed by atoms with Gasteiger partial charge in [0, 0.05) is 72.0 Å². The molecule has 0 unspecified atom stereocenters. The smallest absolute Gasteiger partial charge is 0.221 e. The fraction of sp³-hybridized carbons (Fsp3) is 0.245. The van der Waals surface area contributed by atoms with Crippen LogP contribution in [0.15, 0.2) is 140 Å². The molecule has 0 radical (unpaired) electrons. The predicted molar refractivity (Wildman–Crippen MR) is 243 cm³/mol. The van der Waals surface area contributed by atoms with Gasteiger partial charge in [-0.2, -0.15) is 0 Å². The van der Waals surface area contributed by atoms with Crippen LogP contribution in [0.4, 0.5) is 5.69 Å². The van der Waals surface area contributed by atoms with Crippen molar-refractivity contribution in [2.75, 3.05) is 5.32 Å². The van der Waals surface area contributed by atoms with Crippen molar-refractivity contribution in [3.8, 4) is 66.8 Å². The highest BCUT2D eigenvalue weighted by atomic mass is 16.1. The molecule has 58 heavy (non-hydrogen) atoms. The van der Waals surface area contributed by atoms with E-state index in [-0.39, 0.29) is 22.2 Å². The molecule has 292 valence electrons. The maximum Gasteiger partial charge on any atom is 0.221 e. The van der Waals surface area contributed by atoms with Crippen LogP contribution in [0.2, 0.25) is 0 Å². The van der Waals surface area contributed by atoms with Gasteiger partial charge in [0.25, 0.3) is 0 Å². The Morgan fingerprint density at radius 2 is 0.672 bits per heavy atom. The number of hydrogen-bond acceptors (Lipinski definition) is 4. The van der Waals surface area contributed by atoms with Crippen LogP contribution in [0, 0.1) is 0 Å². The van der Waals surface area contributed by atoms with Gasteiger partial charge < -0.3 is 5.32 Å². The molecule has 0 aliphatic heterocycles. The fourth-order valence-corrected chi connectivity index (χ4v) is 7.93.